The lowest BCUT2D eigenvalue weighted by atomic mass is 10.2. The Morgan fingerprint density at radius 2 is 1.79 bits per heavy atom. The molecule has 0 saturated heterocycles. The van der Waals surface area contributed by atoms with Crippen LogP contribution in [0.1, 0.15) is 10.4 Å². The van der Waals surface area contributed by atoms with E-state index in [2.05, 4.69) is 38.5 Å². The highest BCUT2D eigenvalue weighted by Crippen LogP contribution is 2.29. The highest BCUT2D eigenvalue weighted by Gasteiger charge is 2.35. The molecule has 0 heterocycles. The van der Waals surface area contributed by atoms with Crippen molar-refractivity contribution in [3.05, 3.63) is 67.8 Å². The van der Waals surface area contributed by atoms with Crippen LogP contribution >= 0.6 is 69.6 Å². The SMILES string of the molecule is O=C(N[C@H](NC(=S)Nc1cccc([N+](=O)[O-])c1)C(Cl)(Cl)Cl)c1ccc(I)cc1. The monoisotopic (exact) mass is 572 g/mol. The number of anilines is 1. The molecule has 28 heavy (non-hydrogen) atoms. The average Bonchev–Trinajstić information content (AvgIpc) is 2.61. The van der Waals surface area contributed by atoms with Crippen LogP contribution in [0.3, 0.4) is 0 Å². The second kappa shape index (κ2) is 9.88. The molecule has 0 radical (unpaired) electrons. The van der Waals surface area contributed by atoms with Crippen molar-refractivity contribution in [1.29, 1.82) is 0 Å². The molecule has 0 aromatic heterocycles. The number of non-ortho nitro benzene ring substituents is 1. The standard InChI is InChI=1S/C16H12Cl3IN4O3S/c17-16(18,19)14(22-13(25)9-4-6-10(20)7-5-9)23-15(28)21-11-2-1-3-12(8-11)24(26)27/h1-8,14H,(H,22,25)(H2,21,23,28)/t14-/m1/s1. The zero-order valence-electron chi connectivity index (χ0n) is 13.8. The molecular formula is C16H12Cl3IN4O3S. The Hall–Kier alpha value is -1.40. The van der Waals surface area contributed by atoms with Crippen molar-refractivity contribution in [2.75, 3.05) is 5.32 Å². The van der Waals surface area contributed by atoms with Crippen LogP contribution in [-0.4, -0.2) is 25.9 Å². The molecule has 7 nitrogen and oxygen atoms in total. The summed E-state index contributed by atoms with van der Waals surface area (Å²) in [6, 6.07) is 12.5. The van der Waals surface area contributed by atoms with Gasteiger partial charge in [0.25, 0.3) is 11.6 Å². The van der Waals surface area contributed by atoms with Gasteiger partial charge in [0.2, 0.25) is 3.79 Å². The summed E-state index contributed by atoms with van der Waals surface area (Å²) in [5, 5.41) is 18.8. The highest BCUT2D eigenvalue weighted by molar-refractivity contribution is 14.1. The van der Waals surface area contributed by atoms with E-state index in [1.54, 1.807) is 30.3 Å². The maximum atomic E-state index is 12.4. The number of halogens is 4. The molecule has 0 saturated carbocycles. The van der Waals surface area contributed by atoms with Gasteiger partial charge in [0, 0.05) is 27.0 Å². The van der Waals surface area contributed by atoms with Crippen molar-refractivity contribution in [3.8, 4) is 0 Å². The van der Waals surface area contributed by atoms with E-state index in [9.17, 15) is 14.9 Å². The lowest BCUT2D eigenvalue weighted by Crippen LogP contribution is -2.56. The minimum atomic E-state index is -1.92. The first kappa shape index (κ1) is 22.9. The van der Waals surface area contributed by atoms with Crippen LogP contribution in [-0.2, 0) is 0 Å². The summed E-state index contributed by atoms with van der Waals surface area (Å²) >= 11 is 25.1. The fraction of sp³-hybridized carbons (Fsp3) is 0.125. The number of nitrogens with zero attached hydrogens (tertiary/aromatic N) is 1. The molecular weight excluding hydrogens is 562 g/mol. The normalized spacial score (nSPS) is 12.0. The average molecular weight is 574 g/mol. The van der Waals surface area contributed by atoms with E-state index in [0.717, 1.165) is 3.57 Å². The molecule has 1 amide bonds. The van der Waals surface area contributed by atoms with Gasteiger partial charge in [-0.3, -0.25) is 14.9 Å². The van der Waals surface area contributed by atoms with Crippen LogP contribution in [0.25, 0.3) is 0 Å². The van der Waals surface area contributed by atoms with E-state index in [1.807, 2.05) is 0 Å². The second-order valence-corrected chi connectivity index (χ2v) is 9.38. The highest BCUT2D eigenvalue weighted by atomic mass is 127. The van der Waals surface area contributed by atoms with Gasteiger partial charge in [0.1, 0.15) is 6.17 Å². The zero-order valence-corrected chi connectivity index (χ0v) is 19.0. The zero-order chi connectivity index (χ0) is 20.9. The predicted octanol–water partition coefficient (Wildman–Crippen LogP) is 4.61. The van der Waals surface area contributed by atoms with Crippen LogP contribution in [0.15, 0.2) is 48.5 Å². The molecule has 2 rings (SSSR count). The van der Waals surface area contributed by atoms with E-state index < -0.39 is 20.8 Å². The molecule has 2 aromatic rings. The summed E-state index contributed by atoms with van der Waals surface area (Å²) in [5.74, 6) is -0.474. The van der Waals surface area contributed by atoms with Crippen LogP contribution in [0.2, 0.25) is 0 Å². The molecule has 0 bridgehead atoms. The van der Waals surface area contributed by atoms with Crippen molar-refractivity contribution < 1.29 is 9.72 Å². The largest absolute Gasteiger partial charge is 0.339 e. The van der Waals surface area contributed by atoms with E-state index in [4.69, 9.17) is 47.0 Å². The number of alkyl halides is 3. The van der Waals surface area contributed by atoms with Crippen LogP contribution < -0.4 is 16.0 Å². The molecule has 0 aliphatic carbocycles. The van der Waals surface area contributed by atoms with Crippen LogP contribution in [0.5, 0.6) is 0 Å². The number of nitro groups is 1. The van der Waals surface area contributed by atoms with Gasteiger partial charge < -0.3 is 16.0 Å². The van der Waals surface area contributed by atoms with Crippen molar-refractivity contribution in [3.63, 3.8) is 0 Å². The summed E-state index contributed by atoms with van der Waals surface area (Å²) in [7, 11) is 0. The Labute approximate surface area is 194 Å². The fourth-order valence-corrected chi connectivity index (χ4v) is 2.93. The number of nitrogens with one attached hydrogen (secondary N) is 3. The molecule has 2 aromatic carbocycles. The fourth-order valence-electron chi connectivity index (χ4n) is 2.01. The minimum absolute atomic E-state index is 0.000247. The number of benzene rings is 2. The Balaban J connectivity index is 2.08. The first-order valence-corrected chi connectivity index (χ1v) is 10.1. The molecule has 3 N–H and O–H groups in total. The minimum Gasteiger partial charge on any atom is -0.339 e. The van der Waals surface area contributed by atoms with Gasteiger partial charge in [0.15, 0.2) is 5.11 Å². The van der Waals surface area contributed by atoms with E-state index in [-0.39, 0.29) is 10.8 Å². The van der Waals surface area contributed by atoms with Crippen molar-refractivity contribution in [1.82, 2.24) is 10.6 Å². The number of rotatable bonds is 5. The Morgan fingerprint density at radius 1 is 1.14 bits per heavy atom. The number of hydrogen-bond acceptors (Lipinski definition) is 4. The third-order valence-corrected chi connectivity index (χ3v) is 4.89. The second-order valence-electron chi connectivity index (χ2n) is 5.36. The van der Waals surface area contributed by atoms with Crippen molar-refractivity contribution >= 4 is 92.0 Å². The molecule has 0 unspecified atom stereocenters. The quantitative estimate of drug-likeness (QED) is 0.121. The lowest BCUT2D eigenvalue weighted by molar-refractivity contribution is -0.384. The summed E-state index contributed by atoms with van der Waals surface area (Å²) in [5.41, 5.74) is 0.621. The smallest absolute Gasteiger partial charge is 0.271 e. The van der Waals surface area contributed by atoms with E-state index >= 15 is 0 Å². The summed E-state index contributed by atoms with van der Waals surface area (Å²) < 4.78 is -0.958. The summed E-state index contributed by atoms with van der Waals surface area (Å²) in [6.07, 6.45) is -1.16. The van der Waals surface area contributed by atoms with Gasteiger partial charge in [-0.05, 0) is 65.1 Å². The first-order chi connectivity index (χ1) is 13.1. The van der Waals surface area contributed by atoms with Gasteiger partial charge in [-0.25, -0.2) is 0 Å². The van der Waals surface area contributed by atoms with Gasteiger partial charge >= 0.3 is 0 Å². The van der Waals surface area contributed by atoms with E-state index in [0.29, 0.717) is 11.3 Å². The van der Waals surface area contributed by atoms with Crippen LogP contribution in [0.4, 0.5) is 11.4 Å². The van der Waals surface area contributed by atoms with E-state index in [1.165, 1.54) is 18.2 Å². The Kier molecular flexibility index (Phi) is 8.07. The predicted molar refractivity (Wildman–Crippen MR) is 123 cm³/mol. The van der Waals surface area contributed by atoms with Gasteiger partial charge in [0.05, 0.1) is 4.92 Å². The molecule has 0 aliphatic heterocycles. The molecule has 0 fully saturated rings. The van der Waals surface area contributed by atoms with Gasteiger partial charge in [-0.15, -0.1) is 0 Å². The summed E-state index contributed by atoms with van der Waals surface area (Å²) in [6.45, 7) is 0. The third kappa shape index (κ3) is 6.89. The Morgan fingerprint density at radius 3 is 2.36 bits per heavy atom. The summed E-state index contributed by atoms with van der Waals surface area (Å²) in [4.78, 5) is 22.7. The third-order valence-electron chi connectivity index (χ3n) is 3.30. The van der Waals surface area contributed by atoms with Crippen LogP contribution in [0, 0.1) is 13.7 Å². The molecule has 0 spiro atoms. The number of carbonyl (C=O) groups is 1. The van der Waals surface area contributed by atoms with Gasteiger partial charge in [-0.1, -0.05) is 40.9 Å². The molecule has 1 atom stereocenters. The lowest BCUT2D eigenvalue weighted by Gasteiger charge is -2.27. The van der Waals surface area contributed by atoms with Crippen molar-refractivity contribution in [2.24, 2.45) is 0 Å². The van der Waals surface area contributed by atoms with Crippen molar-refractivity contribution in [2.45, 2.75) is 9.96 Å². The number of nitro benzene ring substituents is 1. The molecule has 148 valence electrons. The number of hydrogen-bond donors (Lipinski definition) is 3. The van der Waals surface area contributed by atoms with Gasteiger partial charge in [-0.2, -0.15) is 0 Å². The topological polar surface area (TPSA) is 96.3 Å². The molecule has 0 aliphatic rings. The molecule has 12 heteroatoms. The Bertz CT molecular complexity index is 893. The number of amides is 1. The maximum Gasteiger partial charge on any atom is 0.271 e. The first-order valence-electron chi connectivity index (χ1n) is 7.51. The maximum absolute atomic E-state index is 12.4. The number of carbonyl (C=O) groups excluding carboxylic acids is 1. The number of thiocarbonyl (C=S) groups is 1.